The molecule has 1 aromatic rings. The average molecular weight is 271 g/mol. The number of Topliss-reactive ketones (excluding diaryl/α,β-unsaturated/α-hetero) is 1. The summed E-state index contributed by atoms with van der Waals surface area (Å²) in [7, 11) is 0. The van der Waals surface area contributed by atoms with Crippen LogP contribution < -0.4 is 17.0 Å². The van der Waals surface area contributed by atoms with Crippen molar-refractivity contribution in [2.24, 2.45) is 5.73 Å². The fourth-order valence-electron chi connectivity index (χ4n) is 1.66. The topological polar surface area (TPSA) is 97.9 Å². The molecule has 1 rings (SSSR count). The van der Waals surface area contributed by atoms with Gasteiger partial charge in [0.15, 0.2) is 0 Å². The third kappa shape index (κ3) is 5.17. The molecule has 1 aromatic heterocycles. The molecule has 0 spiro atoms. The first-order chi connectivity index (χ1) is 9.04. The van der Waals surface area contributed by atoms with Gasteiger partial charge in [-0.3, -0.25) is 19.1 Å². The van der Waals surface area contributed by atoms with Gasteiger partial charge in [0.2, 0.25) is 5.82 Å². The zero-order valence-electron chi connectivity index (χ0n) is 10.7. The smallest absolute Gasteiger partial charge is 0.328 e. The number of nitrogens with two attached hydrogens (primary N) is 1. The van der Waals surface area contributed by atoms with Crippen LogP contribution in [-0.4, -0.2) is 21.9 Å². The largest absolute Gasteiger partial charge is 0.330 e. The zero-order valence-corrected chi connectivity index (χ0v) is 10.7. The first kappa shape index (κ1) is 15.3. The van der Waals surface area contributed by atoms with E-state index in [9.17, 15) is 18.8 Å². The van der Waals surface area contributed by atoms with Crippen LogP contribution in [0.5, 0.6) is 0 Å². The normalized spacial score (nSPS) is 10.6. The summed E-state index contributed by atoms with van der Waals surface area (Å²) in [5.74, 6) is -1.02. The van der Waals surface area contributed by atoms with Crippen molar-refractivity contribution in [3.05, 3.63) is 32.9 Å². The molecule has 7 heteroatoms. The standard InChI is InChI=1S/C12H18FN3O3/c13-10-8-16(12(19)15-11(10)18)7-5-9(17)4-2-1-3-6-14/h8H,1-7,14H2,(H,15,18,19). The van der Waals surface area contributed by atoms with Gasteiger partial charge in [0, 0.05) is 19.4 Å². The van der Waals surface area contributed by atoms with Crippen LogP contribution >= 0.6 is 0 Å². The van der Waals surface area contributed by atoms with Crippen molar-refractivity contribution in [2.75, 3.05) is 6.54 Å². The van der Waals surface area contributed by atoms with Gasteiger partial charge in [-0.2, -0.15) is 4.39 Å². The predicted molar refractivity (Wildman–Crippen MR) is 68.4 cm³/mol. The number of aromatic nitrogens is 2. The highest BCUT2D eigenvalue weighted by Crippen LogP contribution is 2.02. The first-order valence-electron chi connectivity index (χ1n) is 6.25. The second-order valence-corrected chi connectivity index (χ2v) is 4.32. The van der Waals surface area contributed by atoms with Crippen molar-refractivity contribution in [1.29, 1.82) is 0 Å². The van der Waals surface area contributed by atoms with Gasteiger partial charge in [0.25, 0.3) is 5.56 Å². The van der Waals surface area contributed by atoms with Crippen molar-refractivity contribution in [3.63, 3.8) is 0 Å². The molecule has 0 bridgehead atoms. The summed E-state index contributed by atoms with van der Waals surface area (Å²) in [6.45, 7) is 0.683. The number of unbranched alkanes of at least 4 members (excludes halogenated alkanes) is 2. The summed E-state index contributed by atoms with van der Waals surface area (Å²) >= 11 is 0. The molecule has 3 N–H and O–H groups in total. The number of H-pyrrole nitrogens is 1. The molecule has 0 unspecified atom stereocenters. The summed E-state index contributed by atoms with van der Waals surface area (Å²) < 4.78 is 14.0. The lowest BCUT2D eigenvalue weighted by Crippen LogP contribution is -2.31. The number of rotatable bonds is 8. The molecule has 0 saturated carbocycles. The molecule has 1 heterocycles. The summed E-state index contributed by atoms with van der Waals surface area (Å²) in [5.41, 5.74) is 3.58. The van der Waals surface area contributed by atoms with Gasteiger partial charge >= 0.3 is 5.69 Å². The third-order valence-electron chi connectivity index (χ3n) is 2.76. The van der Waals surface area contributed by atoms with E-state index >= 15 is 0 Å². The first-order valence-corrected chi connectivity index (χ1v) is 6.25. The SMILES string of the molecule is NCCCCCC(=O)CCn1cc(F)c(=O)[nH]c1=O. The van der Waals surface area contributed by atoms with Gasteiger partial charge in [-0.15, -0.1) is 0 Å². The monoisotopic (exact) mass is 271 g/mol. The Morgan fingerprint density at radius 2 is 2.00 bits per heavy atom. The fraction of sp³-hybridized carbons (Fsp3) is 0.583. The van der Waals surface area contributed by atoms with Crippen LogP contribution in [-0.2, 0) is 11.3 Å². The number of carbonyl (C=O) groups is 1. The molecule has 0 aliphatic rings. The fourth-order valence-corrected chi connectivity index (χ4v) is 1.66. The molecule has 0 aromatic carbocycles. The summed E-state index contributed by atoms with van der Waals surface area (Å²) in [5, 5.41) is 0. The molecule has 0 atom stereocenters. The van der Waals surface area contributed by atoms with E-state index < -0.39 is 17.1 Å². The van der Waals surface area contributed by atoms with E-state index in [1.165, 1.54) is 0 Å². The van der Waals surface area contributed by atoms with Crippen LogP contribution in [0, 0.1) is 5.82 Å². The molecule has 0 aliphatic carbocycles. The molecule has 0 fully saturated rings. The van der Waals surface area contributed by atoms with Crippen molar-refractivity contribution in [2.45, 2.75) is 38.6 Å². The number of aryl methyl sites for hydroxylation is 1. The number of carbonyl (C=O) groups excluding carboxylic acids is 1. The Balaban J connectivity index is 2.44. The molecule has 106 valence electrons. The van der Waals surface area contributed by atoms with Crippen molar-refractivity contribution >= 4 is 5.78 Å². The third-order valence-corrected chi connectivity index (χ3v) is 2.76. The maximum Gasteiger partial charge on any atom is 0.328 e. The Hall–Kier alpha value is -1.76. The molecule has 0 aliphatic heterocycles. The minimum absolute atomic E-state index is 0.00975. The molecule has 19 heavy (non-hydrogen) atoms. The maximum atomic E-state index is 13.0. The number of hydrogen-bond acceptors (Lipinski definition) is 4. The number of hydrogen-bond donors (Lipinski definition) is 2. The van der Waals surface area contributed by atoms with E-state index in [0.717, 1.165) is 30.0 Å². The van der Waals surface area contributed by atoms with E-state index in [0.29, 0.717) is 13.0 Å². The zero-order chi connectivity index (χ0) is 14.3. The van der Waals surface area contributed by atoms with Crippen molar-refractivity contribution < 1.29 is 9.18 Å². The number of aromatic amines is 1. The molecule has 6 nitrogen and oxygen atoms in total. The Bertz CT molecular complexity index is 536. The Morgan fingerprint density at radius 1 is 1.26 bits per heavy atom. The second kappa shape index (κ2) is 7.63. The highest BCUT2D eigenvalue weighted by Gasteiger charge is 2.06. The van der Waals surface area contributed by atoms with Crippen LogP contribution in [0.2, 0.25) is 0 Å². The van der Waals surface area contributed by atoms with Crippen LogP contribution in [0.4, 0.5) is 4.39 Å². The molecule has 0 amide bonds. The second-order valence-electron chi connectivity index (χ2n) is 4.32. The molecule has 0 radical (unpaired) electrons. The molecular formula is C12H18FN3O3. The minimum atomic E-state index is -1.05. The lowest BCUT2D eigenvalue weighted by atomic mass is 10.1. The van der Waals surface area contributed by atoms with Crippen molar-refractivity contribution in [1.82, 2.24) is 9.55 Å². The average Bonchev–Trinajstić information content (AvgIpc) is 2.37. The quantitative estimate of drug-likeness (QED) is 0.658. The number of ketones is 1. The van der Waals surface area contributed by atoms with Gasteiger partial charge in [0.05, 0.1) is 6.20 Å². The summed E-state index contributed by atoms with van der Waals surface area (Å²) in [6, 6.07) is 0. The van der Waals surface area contributed by atoms with E-state index in [4.69, 9.17) is 5.73 Å². The number of halogens is 1. The molecule has 0 saturated heterocycles. The Morgan fingerprint density at radius 3 is 2.68 bits per heavy atom. The van der Waals surface area contributed by atoms with Crippen LogP contribution in [0.1, 0.15) is 32.1 Å². The number of nitrogens with one attached hydrogen (secondary N) is 1. The van der Waals surface area contributed by atoms with Crippen LogP contribution in [0.15, 0.2) is 15.8 Å². The maximum absolute atomic E-state index is 13.0. The van der Waals surface area contributed by atoms with E-state index in [1.54, 1.807) is 0 Å². The van der Waals surface area contributed by atoms with Gasteiger partial charge in [0.1, 0.15) is 5.78 Å². The summed E-state index contributed by atoms with van der Waals surface area (Å²) in [4.78, 5) is 35.5. The van der Waals surface area contributed by atoms with Gasteiger partial charge < -0.3 is 5.73 Å². The Kier molecular flexibility index (Phi) is 6.14. The van der Waals surface area contributed by atoms with Gasteiger partial charge in [-0.25, -0.2) is 4.79 Å². The highest BCUT2D eigenvalue weighted by atomic mass is 19.1. The van der Waals surface area contributed by atoms with E-state index in [1.807, 2.05) is 4.98 Å². The van der Waals surface area contributed by atoms with Crippen LogP contribution in [0.3, 0.4) is 0 Å². The predicted octanol–water partition coefficient (Wildman–Crippen LogP) is 0.154. The number of nitrogens with zero attached hydrogens (tertiary/aromatic N) is 1. The lowest BCUT2D eigenvalue weighted by molar-refractivity contribution is -0.119. The van der Waals surface area contributed by atoms with Crippen molar-refractivity contribution in [3.8, 4) is 0 Å². The van der Waals surface area contributed by atoms with Crippen LogP contribution in [0.25, 0.3) is 0 Å². The summed E-state index contributed by atoms with van der Waals surface area (Å²) in [6.07, 6.45) is 3.95. The van der Waals surface area contributed by atoms with Gasteiger partial charge in [-0.1, -0.05) is 6.42 Å². The lowest BCUT2D eigenvalue weighted by Gasteiger charge is -2.04. The molecular weight excluding hydrogens is 253 g/mol. The highest BCUT2D eigenvalue weighted by molar-refractivity contribution is 5.78. The van der Waals surface area contributed by atoms with E-state index in [-0.39, 0.29) is 18.7 Å². The van der Waals surface area contributed by atoms with E-state index in [2.05, 4.69) is 0 Å². The minimum Gasteiger partial charge on any atom is -0.330 e. The Labute approximate surface area is 109 Å². The van der Waals surface area contributed by atoms with Gasteiger partial charge in [-0.05, 0) is 19.4 Å².